The maximum absolute atomic E-state index is 4.30. The first-order valence-corrected chi connectivity index (χ1v) is 4.35. The molecule has 0 saturated carbocycles. The highest BCUT2D eigenvalue weighted by Gasteiger charge is 2.21. The van der Waals surface area contributed by atoms with Crippen molar-refractivity contribution in [1.29, 1.82) is 0 Å². The first kappa shape index (κ1) is 6.23. The van der Waals surface area contributed by atoms with E-state index in [0.717, 1.165) is 13.0 Å². The van der Waals surface area contributed by atoms with Crippen molar-refractivity contribution in [3.8, 4) is 0 Å². The quantitative estimate of drug-likeness (QED) is 0.568. The van der Waals surface area contributed by atoms with Crippen molar-refractivity contribution in [2.24, 2.45) is 4.99 Å². The zero-order valence-electron chi connectivity index (χ0n) is 6.80. The van der Waals surface area contributed by atoms with Crippen molar-refractivity contribution in [3.05, 3.63) is 34.7 Å². The number of fused-ring (bicyclic) bond motifs is 1. The van der Waals surface area contributed by atoms with Gasteiger partial charge in [0, 0.05) is 24.9 Å². The Balaban J connectivity index is 2.08. The molecule has 0 spiro atoms. The van der Waals surface area contributed by atoms with Gasteiger partial charge in [0.1, 0.15) is 0 Å². The Hall–Kier alpha value is -1.31. The molecule has 0 unspecified atom stereocenters. The SMILES string of the molecule is C1=NC2=CC3=C(CC2=C1)NCC3. The molecule has 1 aliphatic carbocycles. The fourth-order valence-corrected chi connectivity index (χ4v) is 1.96. The maximum Gasteiger partial charge on any atom is 0.0669 e. The zero-order valence-corrected chi connectivity index (χ0v) is 6.80. The van der Waals surface area contributed by atoms with E-state index in [1.54, 1.807) is 0 Å². The zero-order chi connectivity index (χ0) is 7.97. The van der Waals surface area contributed by atoms with Crippen LogP contribution in [0.2, 0.25) is 0 Å². The molecule has 1 N–H and O–H groups in total. The molecule has 2 aliphatic heterocycles. The van der Waals surface area contributed by atoms with Crippen LogP contribution in [0.15, 0.2) is 39.7 Å². The van der Waals surface area contributed by atoms with Gasteiger partial charge in [0.25, 0.3) is 0 Å². The summed E-state index contributed by atoms with van der Waals surface area (Å²) in [5, 5.41) is 3.41. The summed E-state index contributed by atoms with van der Waals surface area (Å²) in [6.07, 6.45) is 8.44. The second-order valence-corrected chi connectivity index (χ2v) is 3.36. The Morgan fingerprint density at radius 1 is 1.42 bits per heavy atom. The first-order chi connectivity index (χ1) is 5.93. The standard InChI is InChI=1S/C10H10N2/c1-3-11-9-6-8-2-4-12-10(8)5-7(1)9/h1,3,6,12H,2,4-5H2. The lowest BCUT2D eigenvalue weighted by molar-refractivity contribution is 0.847. The number of nitrogens with zero attached hydrogens (tertiary/aromatic N) is 1. The fraction of sp³-hybridized carbons (Fsp3) is 0.300. The summed E-state index contributed by atoms with van der Waals surface area (Å²) in [6, 6.07) is 0. The van der Waals surface area contributed by atoms with Crippen LogP contribution >= 0.6 is 0 Å². The van der Waals surface area contributed by atoms with E-state index in [1.165, 1.54) is 29.0 Å². The van der Waals surface area contributed by atoms with Crippen LogP contribution in [0.5, 0.6) is 0 Å². The van der Waals surface area contributed by atoms with E-state index < -0.39 is 0 Å². The van der Waals surface area contributed by atoms with E-state index in [9.17, 15) is 0 Å². The van der Waals surface area contributed by atoms with E-state index in [4.69, 9.17) is 0 Å². The van der Waals surface area contributed by atoms with E-state index in [-0.39, 0.29) is 0 Å². The Morgan fingerprint density at radius 2 is 2.42 bits per heavy atom. The summed E-state index contributed by atoms with van der Waals surface area (Å²) in [6.45, 7) is 1.10. The number of hydrogen-bond donors (Lipinski definition) is 1. The van der Waals surface area contributed by atoms with Gasteiger partial charge >= 0.3 is 0 Å². The molecule has 0 atom stereocenters. The molecule has 0 amide bonds. The number of nitrogens with one attached hydrogen (secondary N) is 1. The molecule has 2 nitrogen and oxygen atoms in total. The molecule has 3 aliphatic rings. The first-order valence-electron chi connectivity index (χ1n) is 4.35. The minimum absolute atomic E-state index is 1.06. The molecule has 12 heavy (non-hydrogen) atoms. The van der Waals surface area contributed by atoms with Gasteiger partial charge in [-0.1, -0.05) is 0 Å². The van der Waals surface area contributed by atoms with Crippen molar-refractivity contribution in [3.63, 3.8) is 0 Å². The summed E-state index contributed by atoms with van der Waals surface area (Å²) in [5.74, 6) is 0. The Morgan fingerprint density at radius 3 is 3.42 bits per heavy atom. The Kier molecular flexibility index (Phi) is 1.09. The van der Waals surface area contributed by atoms with Crippen LogP contribution in [0.1, 0.15) is 12.8 Å². The average Bonchev–Trinajstić information content (AvgIpc) is 2.64. The third-order valence-electron chi connectivity index (χ3n) is 2.62. The van der Waals surface area contributed by atoms with E-state index in [2.05, 4.69) is 22.5 Å². The summed E-state index contributed by atoms with van der Waals surface area (Å²) < 4.78 is 0. The van der Waals surface area contributed by atoms with Gasteiger partial charge in [-0.2, -0.15) is 0 Å². The summed E-state index contributed by atoms with van der Waals surface area (Å²) in [7, 11) is 0. The van der Waals surface area contributed by atoms with Crippen molar-refractivity contribution >= 4 is 6.21 Å². The van der Waals surface area contributed by atoms with Gasteiger partial charge in [-0.05, 0) is 29.7 Å². The molecule has 0 saturated heterocycles. The van der Waals surface area contributed by atoms with E-state index in [1.807, 2.05) is 6.21 Å². The topological polar surface area (TPSA) is 24.4 Å². The van der Waals surface area contributed by atoms with Crippen LogP contribution in [0.3, 0.4) is 0 Å². The molecule has 0 fully saturated rings. The lowest BCUT2D eigenvalue weighted by atomic mass is 9.97. The molecule has 0 radical (unpaired) electrons. The van der Waals surface area contributed by atoms with Crippen LogP contribution in [0, 0.1) is 0 Å². The van der Waals surface area contributed by atoms with Gasteiger partial charge in [0.05, 0.1) is 5.70 Å². The predicted octanol–water partition coefficient (Wildman–Crippen LogP) is 1.53. The van der Waals surface area contributed by atoms with Crippen molar-refractivity contribution < 1.29 is 0 Å². The molecule has 3 rings (SSSR count). The van der Waals surface area contributed by atoms with Crippen LogP contribution < -0.4 is 5.32 Å². The van der Waals surface area contributed by atoms with Crippen molar-refractivity contribution in [1.82, 2.24) is 5.32 Å². The molecular weight excluding hydrogens is 148 g/mol. The molecule has 2 heterocycles. The summed E-state index contributed by atoms with van der Waals surface area (Å²) in [4.78, 5) is 4.30. The second kappa shape index (κ2) is 2.09. The van der Waals surface area contributed by atoms with Gasteiger partial charge in [-0.15, -0.1) is 0 Å². The molecule has 0 aromatic carbocycles. The lowest BCUT2D eigenvalue weighted by Gasteiger charge is -2.12. The lowest BCUT2D eigenvalue weighted by Crippen LogP contribution is -2.09. The molecule has 0 aromatic heterocycles. The fourth-order valence-electron chi connectivity index (χ4n) is 1.96. The van der Waals surface area contributed by atoms with Crippen LogP contribution in [0.25, 0.3) is 0 Å². The van der Waals surface area contributed by atoms with Gasteiger partial charge in [0.2, 0.25) is 0 Å². The van der Waals surface area contributed by atoms with Gasteiger partial charge in [0.15, 0.2) is 0 Å². The minimum atomic E-state index is 1.06. The normalized spacial score (nSPS) is 24.7. The minimum Gasteiger partial charge on any atom is -0.388 e. The smallest absolute Gasteiger partial charge is 0.0669 e. The van der Waals surface area contributed by atoms with E-state index >= 15 is 0 Å². The number of aliphatic imine (C=N–C) groups is 1. The number of allylic oxidation sites excluding steroid dienone is 4. The molecule has 2 heteroatoms. The summed E-state index contributed by atoms with van der Waals surface area (Å²) >= 11 is 0. The van der Waals surface area contributed by atoms with Gasteiger partial charge in [-0.3, -0.25) is 4.99 Å². The highest BCUT2D eigenvalue weighted by molar-refractivity contribution is 5.80. The van der Waals surface area contributed by atoms with Crippen LogP contribution in [-0.2, 0) is 0 Å². The van der Waals surface area contributed by atoms with E-state index in [0.29, 0.717) is 0 Å². The largest absolute Gasteiger partial charge is 0.388 e. The molecule has 0 aromatic rings. The predicted molar refractivity (Wildman–Crippen MR) is 48.9 cm³/mol. The highest BCUT2D eigenvalue weighted by atomic mass is 14.9. The van der Waals surface area contributed by atoms with Gasteiger partial charge in [-0.25, -0.2) is 0 Å². The maximum atomic E-state index is 4.30. The van der Waals surface area contributed by atoms with Crippen LogP contribution in [-0.4, -0.2) is 12.8 Å². The number of rotatable bonds is 0. The molecular formula is C10H10N2. The van der Waals surface area contributed by atoms with Crippen LogP contribution in [0.4, 0.5) is 0 Å². The molecule has 0 bridgehead atoms. The Bertz CT molecular complexity index is 356. The highest BCUT2D eigenvalue weighted by Crippen LogP contribution is 2.33. The van der Waals surface area contributed by atoms with Gasteiger partial charge < -0.3 is 5.32 Å². The average molecular weight is 158 g/mol. The van der Waals surface area contributed by atoms with Crippen molar-refractivity contribution in [2.75, 3.05) is 6.54 Å². The Labute approximate surface area is 71.4 Å². The van der Waals surface area contributed by atoms with Crippen molar-refractivity contribution in [2.45, 2.75) is 12.8 Å². The monoisotopic (exact) mass is 158 g/mol. The summed E-state index contributed by atoms with van der Waals surface area (Å²) in [5.41, 5.74) is 5.41. The second-order valence-electron chi connectivity index (χ2n) is 3.36. The third kappa shape index (κ3) is 0.721. The molecule has 60 valence electrons. The third-order valence-corrected chi connectivity index (χ3v) is 2.62. The number of hydrogen-bond acceptors (Lipinski definition) is 2.